The molecule has 1 aromatic rings. The quantitative estimate of drug-likeness (QED) is 0.847. The second kappa shape index (κ2) is 4.74. The van der Waals surface area contributed by atoms with Gasteiger partial charge in [-0.25, -0.2) is 9.67 Å². The van der Waals surface area contributed by atoms with Crippen LogP contribution in [0.15, 0.2) is 0 Å². The molecule has 1 fully saturated rings. The summed E-state index contributed by atoms with van der Waals surface area (Å²) in [6.07, 6.45) is 5.49. The Morgan fingerprint density at radius 3 is 3.06 bits per heavy atom. The zero-order valence-electron chi connectivity index (χ0n) is 10.0. The standard InChI is InChI=1S/C12H19N3O2/c16-8-9-3-1-5-15-12(9)13-11(14-15)7-10-4-2-6-17-10/h9-10,16H,1-8H2. The molecule has 0 aliphatic carbocycles. The Morgan fingerprint density at radius 1 is 1.35 bits per heavy atom. The highest BCUT2D eigenvalue weighted by molar-refractivity contribution is 5.04. The smallest absolute Gasteiger partial charge is 0.153 e. The second-order valence-electron chi connectivity index (χ2n) is 4.97. The van der Waals surface area contributed by atoms with E-state index in [1.807, 2.05) is 4.68 Å². The maximum Gasteiger partial charge on any atom is 0.153 e. The fourth-order valence-corrected chi connectivity index (χ4v) is 2.75. The summed E-state index contributed by atoms with van der Waals surface area (Å²) >= 11 is 0. The van der Waals surface area contributed by atoms with Gasteiger partial charge in [-0.15, -0.1) is 0 Å². The van der Waals surface area contributed by atoms with Gasteiger partial charge in [-0.3, -0.25) is 0 Å². The summed E-state index contributed by atoms with van der Waals surface area (Å²) in [4.78, 5) is 4.58. The molecule has 5 heteroatoms. The molecule has 5 nitrogen and oxygen atoms in total. The number of aromatic nitrogens is 3. The Balaban J connectivity index is 1.75. The van der Waals surface area contributed by atoms with Crippen LogP contribution in [0.4, 0.5) is 0 Å². The van der Waals surface area contributed by atoms with E-state index in [1.54, 1.807) is 0 Å². The largest absolute Gasteiger partial charge is 0.396 e. The highest BCUT2D eigenvalue weighted by Gasteiger charge is 2.25. The molecule has 0 spiro atoms. The van der Waals surface area contributed by atoms with Crippen LogP contribution in [-0.2, 0) is 17.7 Å². The van der Waals surface area contributed by atoms with Crippen LogP contribution in [0.2, 0.25) is 0 Å². The van der Waals surface area contributed by atoms with E-state index in [0.29, 0.717) is 6.10 Å². The van der Waals surface area contributed by atoms with E-state index < -0.39 is 0 Å². The molecule has 2 unspecified atom stereocenters. The van der Waals surface area contributed by atoms with Crippen LogP contribution in [0.5, 0.6) is 0 Å². The number of rotatable bonds is 3. The van der Waals surface area contributed by atoms with Crippen LogP contribution in [0.3, 0.4) is 0 Å². The molecule has 3 heterocycles. The molecule has 2 aliphatic heterocycles. The number of hydrogen-bond acceptors (Lipinski definition) is 4. The van der Waals surface area contributed by atoms with Gasteiger partial charge in [-0.2, -0.15) is 5.10 Å². The van der Waals surface area contributed by atoms with Gasteiger partial charge in [0.15, 0.2) is 5.82 Å². The number of hydrogen-bond donors (Lipinski definition) is 1. The van der Waals surface area contributed by atoms with Crippen LogP contribution in [0, 0.1) is 0 Å². The molecule has 17 heavy (non-hydrogen) atoms. The zero-order valence-corrected chi connectivity index (χ0v) is 10.0. The van der Waals surface area contributed by atoms with Gasteiger partial charge in [0.05, 0.1) is 12.7 Å². The molecule has 2 atom stereocenters. The van der Waals surface area contributed by atoms with Crippen LogP contribution in [0.25, 0.3) is 0 Å². The van der Waals surface area contributed by atoms with Crippen molar-refractivity contribution in [2.75, 3.05) is 13.2 Å². The van der Waals surface area contributed by atoms with Crippen molar-refractivity contribution in [2.24, 2.45) is 0 Å². The van der Waals surface area contributed by atoms with E-state index in [1.165, 1.54) is 0 Å². The first-order chi connectivity index (χ1) is 8.36. The molecule has 1 saturated heterocycles. The van der Waals surface area contributed by atoms with E-state index >= 15 is 0 Å². The van der Waals surface area contributed by atoms with Gasteiger partial charge in [-0.05, 0) is 25.7 Å². The number of nitrogens with zero attached hydrogens (tertiary/aromatic N) is 3. The minimum atomic E-state index is 0.175. The monoisotopic (exact) mass is 237 g/mol. The van der Waals surface area contributed by atoms with Crippen molar-refractivity contribution in [1.29, 1.82) is 0 Å². The summed E-state index contributed by atoms with van der Waals surface area (Å²) in [6, 6.07) is 0. The highest BCUT2D eigenvalue weighted by atomic mass is 16.5. The summed E-state index contributed by atoms with van der Waals surface area (Å²) in [5.74, 6) is 2.02. The molecule has 94 valence electrons. The third kappa shape index (κ3) is 2.21. The maximum atomic E-state index is 9.33. The second-order valence-corrected chi connectivity index (χ2v) is 4.97. The van der Waals surface area contributed by atoms with Crippen molar-refractivity contribution in [3.8, 4) is 0 Å². The summed E-state index contributed by atoms with van der Waals surface area (Å²) in [7, 11) is 0. The average molecular weight is 237 g/mol. The first-order valence-electron chi connectivity index (χ1n) is 6.53. The van der Waals surface area contributed by atoms with Crippen molar-refractivity contribution in [3.63, 3.8) is 0 Å². The van der Waals surface area contributed by atoms with Gasteiger partial charge in [0.2, 0.25) is 0 Å². The van der Waals surface area contributed by atoms with E-state index in [9.17, 15) is 5.11 Å². The Labute approximate surface area is 101 Å². The lowest BCUT2D eigenvalue weighted by Crippen LogP contribution is -2.19. The molecule has 2 aliphatic rings. The van der Waals surface area contributed by atoms with Gasteiger partial charge in [-0.1, -0.05) is 0 Å². The Hall–Kier alpha value is -0.940. The first kappa shape index (κ1) is 11.2. The van der Waals surface area contributed by atoms with E-state index in [2.05, 4.69) is 10.1 Å². The molecule has 0 bridgehead atoms. The number of aryl methyl sites for hydroxylation is 1. The van der Waals surface area contributed by atoms with Crippen molar-refractivity contribution < 1.29 is 9.84 Å². The predicted octanol–water partition coefficient (Wildman–Crippen LogP) is 0.869. The average Bonchev–Trinajstić information content (AvgIpc) is 2.97. The SMILES string of the molecule is OCC1CCCn2nc(CC3CCCO3)nc21. The van der Waals surface area contributed by atoms with Crippen molar-refractivity contribution in [3.05, 3.63) is 11.6 Å². The third-order valence-corrected chi connectivity index (χ3v) is 3.69. The van der Waals surface area contributed by atoms with Crippen LogP contribution < -0.4 is 0 Å². The van der Waals surface area contributed by atoms with Crippen molar-refractivity contribution in [1.82, 2.24) is 14.8 Å². The molecule has 1 aromatic heterocycles. The Bertz CT molecular complexity index is 385. The van der Waals surface area contributed by atoms with Crippen LogP contribution in [0.1, 0.15) is 43.3 Å². The normalized spacial score (nSPS) is 28.3. The highest BCUT2D eigenvalue weighted by Crippen LogP contribution is 2.25. The van der Waals surface area contributed by atoms with Gasteiger partial charge < -0.3 is 9.84 Å². The zero-order chi connectivity index (χ0) is 11.7. The summed E-state index contributed by atoms with van der Waals surface area (Å²) in [5.41, 5.74) is 0. The lowest BCUT2D eigenvalue weighted by Gasteiger charge is -2.19. The van der Waals surface area contributed by atoms with E-state index in [0.717, 1.165) is 56.9 Å². The molecule has 1 N–H and O–H groups in total. The van der Waals surface area contributed by atoms with E-state index in [-0.39, 0.29) is 12.5 Å². The van der Waals surface area contributed by atoms with Crippen molar-refractivity contribution in [2.45, 2.75) is 50.7 Å². The maximum absolute atomic E-state index is 9.33. The Morgan fingerprint density at radius 2 is 2.29 bits per heavy atom. The summed E-state index contributed by atoms with van der Waals surface area (Å²) < 4.78 is 7.57. The van der Waals surface area contributed by atoms with Gasteiger partial charge >= 0.3 is 0 Å². The molecule has 3 rings (SSSR count). The number of fused-ring (bicyclic) bond motifs is 1. The summed E-state index contributed by atoms with van der Waals surface area (Å²) in [5, 5.41) is 13.9. The molecule has 0 saturated carbocycles. The van der Waals surface area contributed by atoms with Gasteiger partial charge in [0, 0.05) is 25.5 Å². The first-order valence-corrected chi connectivity index (χ1v) is 6.53. The van der Waals surface area contributed by atoms with Crippen molar-refractivity contribution >= 4 is 0 Å². The molecule has 0 aromatic carbocycles. The van der Waals surface area contributed by atoms with Crippen LogP contribution in [-0.4, -0.2) is 39.2 Å². The number of ether oxygens (including phenoxy) is 1. The molecular formula is C12H19N3O2. The van der Waals surface area contributed by atoms with E-state index in [4.69, 9.17) is 4.74 Å². The van der Waals surface area contributed by atoms with Gasteiger partial charge in [0.1, 0.15) is 5.82 Å². The van der Waals surface area contributed by atoms with Gasteiger partial charge in [0.25, 0.3) is 0 Å². The molecule has 0 radical (unpaired) electrons. The Kier molecular flexibility index (Phi) is 3.11. The topological polar surface area (TPSA) is 60.2 Å². The lowest BCUT2D eigenvalue weighted by atomic mass is 10.0. The minimum absolute atomic E-state index is 0.175. The molecule has 0 amide bonds. The predicted molar refractivity (Wildman–Crippen MR) is 61.8 cm³/mol. The summed E-state index contributed by atoms with van der Waals surface area (Å²) in [6.45, 7) is 1.99. The number of aliphatic hydroxyl groups is 1. The fraction of sp³-hybridized carbons (Fsp3) is 0.833. The molecular weight excluding hydrogens is 218 g/mol. The number of aliphatic hydroxyl groups excluding tert-OH is 1. The third-order valence-electron chi connectivity index (χ3n) is 3.69. The lowest BCUT2D eigenvalue weighted by molar-refractivity contribution is 0.110. The fourth-order valence-electron chi connectivity index (χ4n) is 2.75. The van der Waals surface area contributed by atoms with Crippen LogP contribution >= 0.6 is 0 Å². The minimum Gasteiger partial charge on any atom is -0.396 e.